The predicted octanol–water partition coefficient (Wildman–Crippen LogP) is 5.08. The standard InChI is InChI=1S/C47H60N10O7.4C2HF3O2/c1-8-40(58)55-39-24-29-9-15-37(63-21-19-49)33(23-29)34-25-31(12-16-38(34)64-22-20-50)41(45(61)53-28(3)43(59)56-39)57(7)46(62)36(17-18-48)54-44(60)35-26-51-42(52-27(35)2)30-10-13-32(14-11-30)47(4,5)6;4*3-2(4,5)1(6)7/h8-16,23,25-26,28,36,39,41H,1,17-22,24,48-50H2,2-7H3,(H,53,61)(H,54,60)(H,55,58)(H,56,59);4*(H,6,7)/t28-,36-,39-,41-;;;;/m0..../s1. The summed E-state index contributed by atoms with van der Waals surface area (Å²) in [5, 5.41) is 39.6. The highest BCUT2D eigenvalue weighted by atomic mass is 19.4. The van der Waals surface area contributed by atoms with E-state index < -0.39 is 102 Å². The average molecular weight is 1330 g/mol. The Morgan fingerprint density at radius 3 is 1.58 bits per heavy atom. The highest BCUT2D eigenvalue weighted by Gasteiger charge is 2.41. The molecule has 37 heteroatoms. The third kappa shape index (κ3) is 26.4. The number of aromatic nitrogens is 2. The Kier molecular flexibility index (Phi) is 30.6. The predicted molar refractivity (Wildman–Crippen MR) is 299 cm³/mol. The summed E-state index contributed by atoms with van der Waals surface area (Å²) in [6.45, 7) is 13.8. The summed E-state index contributed by atoms with van der Waals surface area (Å²) in [7, 11) is 1.43. The van der Waals surface area contributed by atoms with Crippen molar-refractivity contribution < 1.29 is 126 Å². The fourth-order valence-corrected chi connectivity index (χ4v) is 7.22. The number of alkyl halides is 12. The molecule has 1 aliphatic heterocycles. The molecular weight excluding hydrogens is 1270 g/mol. The molecule has 92 heavy (non-hydrogen) atoms. The van der Waals surface area contributed by atoms with E-state index in [1.54, 1.807) is 37.3 Å². The van der Waals surface area contributed by atoms with E-state index in [0.717, 1.165) is 17.2 Å². The van der Waals surface area contributed by atoms with Crippen LogP contribution in [0.15, 0.2) is 79.5 Å². The van der Waals surface area contributed by atoms with Crippen LogP contribution in [0.1, 0.15) is 72.9 Å². The van der Waals surface area contributed by atoms with E-state index in [4.69, 9.17) is 66.3 Å². The monoisotopic (exact) mass is 1330 g/mol. The van der Waals surface area contributed by atoms with Crippen molar-refractivity contribution in [1.29, 1.82) is 0 Å². The molecule has 3 aromatic carbocycles. The minimum absolute atomic E-state index is 0.0143. The van der Waals surface area contributed by atoms with Crippen LogP contribution < -0.4 is 47.9 Å². The van der Waals surface area contributed by atoms with Gasteiger partial charge in [-0.1, -0.05) is 63.7 Å². The molecule has 4 bridgehead atoms. The number of nitrogens with two attached hydrogens (primary N) is 3. The van der Waals surface area contributed by atoms with Crippen molar-refractivity contribution in [2.75, 3.05) is 39.9 Å². The van der Waals surface area contributed by atoms with E-state index in [2.05, 4.69) is 58.6 Å². The van der Waals surface area contributed by atoms with Gasteiger partial charge in [-0.3, -0.25) is 24.0 Å². The smallest absolute Gasteiger partial charge is 0.490 e. The highest BCUT2D eigenvalue weighted by Crippen LogP contribution is 2.40. The topological polar surface area (TPSA) is 408 Å². The number of ether oxygens (including phenoxy) is 2. The lowest BCUT2D eigenvalue weighted by Gasteiger charge is -2.32. The molecule has 0 radical (unpaired) electrons. The van der Waals surface area contributed by atoms with Crippen molar-refractivity contribution in [1.82, 2.24) is 36.1 Å². The van der Waals surface area contributed by atoms with Crippen molar-refractivity contribution in [2.45, 2.75) is 102 Å². The molecule has 5 rings (SSSR count). The molecule has 1 aromatic heterocycles. The van der Waals surface area contributed by atoms with Crippen LogP contribution in [-0.2, 0) is 50.2 Å². The first-order valence-corrected chi connectivity index (χ1v) is 26.2. The van der Waals surface area contributed by atoms with Gasteiger partial charge >= 0.3 is 48.6 Å². The van der Waals surface area contributed by atoms with E-state index in [-0.39, 0.29) is 56.7 Å². The number of likely N-dealkylation sites (N-methyl/N-ethyl adjacent to an activating group) is 1. The minimum Gasteiger partial charge on any atom is -0.492 e. The van der Waals surface area contributed by atoms with Gasteiger partial charge in [-0.2, -0.15) is 52.7 Å². The number of amides is 5. The average Bonchev–Trinajstić information content (AvgIpc) is 0.789. The van der Waals surface area contributed by atoms with Crippen molar-refractivity contribution in [3.63, 3.8) is 0 Å². The summed E-state index contributed by atoms with van der Waals surface area (Å²) >= 11 is 0. The number of hydrogen-bond acceptors (Lipinski definition) is 16. The normalized spacial score (nSPS) is 15.2. The number of rotatable bonds is 15. The number of benzene rings is 3. The maximum atomic E-state index is 14.6. The Labute approximate surface area is 514 Å². The zero-order valence-corrected chi connectivity index (χ0v) is 49.3. The summed E-state index contributed by atoms with van der Waals surface area (Å²) in [4.78, 5) is 115. The summed E-state index contributed by atoms with van der Waals surface area (Å²) < 4.78 is 139. The summed E-state index contributed by atoms with van der Waals surface area (Å²) in [6, 6.07) is 14.6. The van der Waals surface area contributed by atoms with Crippen LogP contribution in [0.3, 0.4) is 0 Å². The lowest BCUT2D eigenvalue weighted by atomic mass is 9.87. The molecule has 4 aromatic rings. The third-order valence-corrected chi connectivity index (χ3v) is 11.7. The molecule has 14 N–H and O–H groups in total. The van der Waals surface area contributed by atoms with E-state index in [0.29, 0.717) is 45.3 Å². The summed E-state index contributed by atoms with van der Waals surface area (Å²) in [5.41, 5.74) is 22.2. The quantitative estimate of drug-likeness (QED) is 0.0546. The van der Waals surface area contributed by atoms with Gasteiger partial charge in [-0.15, -0.1) is 0 Å². The van der Waals surface area contributed by atoms with Crippen LogP contribution in [-0.4, -0.2) is 172 Å². The number of aryl methyl sites for hydroxylation is 1. The lowest BCUT2D eigenvalue weighted by Crippen LogP contribution is -2.56. The van der Waals surface area contributed by atoms with Crippen LogP contribution in [0.4, 0.5) is 52.7 Å². The summed E-state index contributed by atoms with van der Waals surface area (Å²) in [6.07, 6.45) is -18.6. The maximum Gasteiger partial charge on any atom is 0.490 e. The zero-order chi connectivity index (χ0) is 71.0. The number of carboxylic acids is 4. The second kappa shape index (κ2) is 35.1. The number of carbonyl (C=O) groups excluding carboxylic acids is 5. The number of hydrogen-bond donors (Lipinski definition) is 11. The van der Waals surface area contributed by atoms with Gasteiger partial charge in [0.1, 0.15) is 49.0 Å². The number of nitrogens with zero attached hydrogens (tertiary/aromatic N) is 3. The highest BCUT2D eigenvalue weighted by molar-refractivity contribution is 6.00. The number of fused-ring (bicyclic) bond motifs is 5. The number of carboxylic acid groups (broad SMARTS) is 4. The molecule has 0 aliphatic carbocycles. The second-order valence-electron chi connectivity index (χ2n) is 19.8. The Morgan fingerprint density at radius 2 is 1.16 bits per heavy atom. The fraction of sp³-hybridized carbons (Fsp3) is 0.400. The van der Waals surface area contributed by atoms with Gasteiger partial charge in [0.05, 0.1) is 11.3 Å². The van der Waals surface area contributed by atoms with E-state index in [9.17, 15) is 76.7 Å². The van der Waals surface area contributed by atoms with Gasteiger partial charge in [-0.25, -0.2) is 29.1 Å². The Hall–Kier alpha value is -9.65. The first-order chi connectivity index (χ1) is 42.3. The van der Waals surface area contributed by atoms with Crippen molar-refractivity contribution in [3.05, 3.63) is 107 Å². The molecular formula is C55H64F12N10O15. The van der Waals surface area contributed by atoms with Crippen LogP contribution in [0.5, 0.6) is 11.5 Å². The Balaban J connectivity index is 0.00000125. The van der Waals surface area contributed by atoms with E-state index in [1.165, 1.54) is 25.1 Å². The van der Waals surface area contributed by atoms with Crippen molar-refractivity contribution in [3.8, 4) is 34.0 Å². The summed E-state index contributed by atoms with van der Waals surface area (Å²) in [5.74, 6) is -12.9. The number of nitrogens with one attached hydrogen (secondary N) is 4. The minimum atomic E-state index is -5.08. The van der Waals surface area contributed by atoms with Crippen molar-refractivity contribution >= 4 is 53.4 Å². The molecule has 5 amide bonds. The first kappa shape index (κ1) is 80.4. The second-order valence-corrected chi connectivity index (χ2v) is 19.8. The van der Waals surface area contributed by atoms with E-state index >= 15 is 0 Å². The Morgan fingerprint density at radius 1 is 0.707 bits per heavy atom. The molecule has 508 valence electrons. The number of halogens is 12. The molecule has 2 heterocycles. The van der Waals surface area contributed by atoms with Gasteiger partial charge in [0, 0.05) is 49.4 Å². The first-order valence-electron chi connectivity index (χ1n) is 26.2. The molecule has 25 nitrogen and oxygen atoms in total. The SMILES string of the molecule is C=CC(=O)N[C@@H]1Cc2ccc(OCCN)c(c2)-c2cc(ccc2OCCN)[C@H](N(C)C(=O)[C@H](CCN)NC(=O)c2cnc(-c3ccc(C(C)(C)C)cc3)nc2C)C(=O)N[C@@H](C)C(=O)N1.O=C(O)C(F)(F)F.O=C(O)C(F)(F)F.O=C(O)C(F)(F)F.O=C(O)C(F)(F)F. The molecule has 0 unspecified atom stereocenters. The van der Waals surface area contributed by atoms with Gasteiger partial charge in [0.25, 0.3) is 5.91 Å². The maximum absolute atomic E-state index is 14.6. The van der Waals surface area contributed by atoms with Crippen LogP contribution in [0, 0.1) is 6.92 Å². The Bertz CT molecular complexity index is 3140. The zero-order valence-electron chi connectivity index (χ0n) is 49.3. The molecule has 0 saturated carbocycles. The van der Waals surface area contributed by atoms with Crippen LogP contribution in [0.25, 0.3) is 22.5 Å². The van der Waals surface area contributed by atoms with Gasteiger partial charge in [-0.05, 0) is 79.3 Å². The third-order valence-electron chi connectivity index (χ3n) is 11.7. The number of aliphatic carboxylic acids is 4. The fourth-order valence-electron chi connectivity index (χ4n) is 7.22. The largest absolute Gasteiger partial charge is 0.492 e. The molecule has 0 saturated heterocycles. The molecule has 4 atom stereocenters. The number of carbonyl (C=O) groups is 9. The molecule has 1 aliphatic rings. The van der Waals surface area contributed by atoms with Gasteiger partial charge < -0.3 is 73.3 Å². The van der Waals surface area contributed by atoms with Gasteiger partial charge in [0.15, 0.2) is 5.82 Å². The van der Waals surface area contributed by atoms with Crippen molar-refractivity contribution in [2.24, 2.45) is 17.2 Å². The molecule has 0 spiro atoms. The van der Waals surface area contributed by atoms with Crippen LogP contribution in [0.2, 0.25) is 0 Å². The van der Waals surface area contributed by atoms with Gasteiger partial charge in [0.2, 0.25) is 23.6 Å². The molecule has 0 fully saturated rings. The lowest BCUT2D eigenvalue weighted by molar-refractivity contribution is -0.193. The van der Waals surface area contributed by atoms with Crippen LogP contribution >= 0.6 is 0 Å². The van der Waals surface area contributed by atoms with E-state index in [1.807, 2.05) is 30.3 Å².